The number of fused-ring (bicyclic) bond motifs is 7. The molecule has 0 saturated heterocycles. The van der Waals surface area contributed by atoms with E-state index >= 15 is 0 Å². The number of para-hydroxylation sites is 4. The Balaban J connectivity index is 0.00000574. The summed E-state index contributed by atoms with van der Waals surface area (Å²) in [4.78, 5) is 4.89. The van der Waals surface area contributed by atoms with Crippen molar-refractivity contribution in [3.05, 3.63) is 211 Å². The summed E-state index contributed by atoms with van der Waals surface area (Å²) < 4.78 is 15.7. The van der Waals surface area contributed by atoms with Gasteiger partial charge in [0, 0.05) is 57.9 Å². The first kappa shape index (κ1) is 47.7. The minimum atomic E-state index is -0.0881. The third kappa shape index (κ3) is 8.43. The molecule has 4 heterocycles. The van der Waals surface area contributed by atoms with Gasteiger partial charge in [-0.25, -0.2) is 4.98 Å². The Morgan fingerprint density at radius 1 is 0.493 bits per heavy atom. The van der Waals surface area contributed by atoms with E-state index in [0.717, 1.165) is 67.2 Å². The molecule has 0 spiro atoms. The van der Waals surface area contributed by atoms with Crippen LogP contribution in [0, 0.1) is 12.1 Å². The normalized spacial score (nSPS) is 12.8. The number of ether oxygens (including phenoxy) is 1. The van der Waals surface area contributed by atoms with Crippen LogP contribution in [0.2, 0.25) is 0 Å². The number of hydrogen-bond donors (Lipinski definition) is 0. The minimum Gasteiger partial charge on any atom is -0.509 e. The van der Waals surface area contributed by atoms with Crippen molar-refractivity contribution in [3.8, 4) is 34.1 Å². The van der Waals surface area contributed by atoms with Gasteiger partial charge in [-0.2, -0.15) is 12.1 Å². The molecule has 3 aromatic heterocycles. The van der Waals surface area contributed by atoms with Crippen molar-refractivity contribution in [1.82, 2.24) is 23.3 Å². The Kier molecular flexibility index (Phi) is 11.7. The molecule has 0 radical (unpaired) electrons. The van der Waals surface area contributed by atoms with Gasteiger partial charge in [0.1, 0.15) is 11.5 Å². The van der Waals surface area contributed by atoms with E-state index in [0.29, 0.717) is 11.5 Å². The molecule has 0 amide bonds. The third-order valence-corrected chi connectivity index (χ3v) is 14.2. The monoisotopic (exact) mass is 1130 g/mol. The summed E-state index contributed by atoms with van der Waals surface area (Å²) in [6.07, 6.45) is 1.90. The van der Waals surface area contributed by atoms with E-state index in [1.165, 1.54) is 38.5 Å². The molecule has 1 aliphatic rings. The van der Waals surface area contributed by atoms with E-state index in [1.54, 1.807) is 0 Å². The van der Waals surface area contributed by atoms with Gasteiger partial charge in [0.05, 0.1) is 16.6 Å². The van der Waals surface area contributed by atoms with Crippen molar-refractivity contribution in [2.24, 2.45) is 0 Å². The first-order valence-electron chi connectivity index (χ1n) is 25.0. The first-order valence-corrected chi connectivity index (χ1v) is 25.0. The number of aromatic nitrogens is 3. The van der Waals surface area contributed by atoms with E-state index in [-0.39, 0.29) is 37.3 Å². The second kappa shape index (κ2) is 17.8. The maximum Gasteiger partial charge on any atom is 2.00 e. The zero-order valence-electron chi connectivity index (χ0n) is 42.8. The maximum absolute atomic E-state index is 6.74. The third-order valence-electron chi connectivity index (χ3n) is 14.2. The number of pyridine rings is 1. The van der Waals surface area contributed by atoms with Crippen LogP contribution in [0.25, 0.3) is 66.2 Å². The van der Waals surface area contributed by atoms with Gasteiger partial charge in [-0.15, -0.1) is 23.6 Å². The van der Waals surface area contributed by atoms with Crippen LogP contribution in [-0.2, 0) is 37.3 Å². The number of hydrogen-bond acceptors (Lipinski definition) is 2. The molecule has 73 heavy (non-hydrogen) atoms. The van der Waals surface area contributed by atoms with Crippen LogP contribution < -0.4 is 13.9 Å². The molecule has 0 saturated carbocycles. The predicted molar refractivity (Wildman–Crippen MR) is 299 cm³/mol. The molecule has 0 unspecified atom stereocenters. The molecule has 6 nitrogen and oxygen atoms in total. The molecule has 0 bridgehead atoms. The Hall–Kier alpha value is -7.62. The van der Waals surface area contributed by atoms with Crippen molar-refractivity contribution < 1.29 is 25.8 Å². The Morgan fingerprint density at radius 2 is 1.08 bits per heavy atom. The van der Waals surface area contributed by atoms with Crippen molar-refractivity contribution in [3.63, 3.8) is 0 Å². The molecule has 11 aromatic rings. The Bertz CT molecular complexity index is 3980. The first-order chi connectivity index (χ1) is 34.6. The van der Waals surface area contributed by atoms with Gasteiger partial charge in [0.2, 0.25) is 5.69 Å². The average Bonchev–Trinajstić information content (AvgIpc) is 4.04. The quantitative estimate of drug-likeness (QED) is 0.118. The van der Waals surface area contributed by atoms with Crippen LogP contribution in [0.1, 0.15) is 79.0 Å². The van der Waals surface area contributed by atoms with Gasteiger partial charge in [-0.3, -0.25) is 0 Å². The summed E-state index contributed by atoms with van der Waals surface area (Å²) in [5, 5.41) is 4.69. The van der Waals surface area contributed by atoms with E-state index in [4.69, 9.17) is 9.72 Å². The zero-order valence-corrected chi connectivity index (χ0v) is 45.1. The second-order valence-electron chi connectivity index (χ2n) is 22.2. The summed E-state index contributed by atoms with van der Waals surface area (Å²) in [6, 6.07) is 74.1. The van der Waals surface area contributed by atoms with Crippen LogP contribution in [-0.4, -0.2) is 20.1 Å². The largest absolute Gasteiger partial charge is 2.00 e. The van der Waals surface area contributed by atoms with E-state index < -0.39 is 0 Å². The van der Waals surface area contributed by atoms with Crippen LogP contribution in [0.5, 0.6) is 11.5 Å². The molecule has 12 rings (SSSR count). The topological polar surface area (TPSA) is 38.0 Å². The number of benzene rings is 8. The molecule has 0 N–H and O–H groups in total. The van der Waals surface area contributed by atoms with Crippen molar-refractivity contribution in [2.75, 3.05) is 0 Å². The van der Waals surface area contributed by atoms with E-state index in [9.17, 15) is 0 Å². The van der Waals surface area contributed by atoms with Crippen molar-refractivity contribution >= 4 is 72.4 Å². The average molecular weight is 1130 g/mol. The molecule has 0 atom stereocenters. The second-order valence-corrected chi connectivity index (χ2v) is 22.2. The SMILES string of the molecule is CC(C)(C)c1cc([N+]2=C=[N+](c3[c-]c(Oc4[c-]c5c(cc4)c4ccccc4n5-c4cc(C(C)(C)C)ccn4)ccc3)c3cccc(-c4cccc(-n5c6ccccc6c6ccccc65)c4)c32)cc(C(C)(C)C)c1.[Pt+2]. The van der Waals surface area contributed by atoms with Crippen LogP contribution >= 0.6 is 0 Å². The van der Waals surface area contributed by atoms with Crippen LogP contribution in [0.4, 0.5) is 22.7 Å². The summed E-state index contributed by atoms with van der Waals surface area (Å²) in [6.45, 7) is 20.4. The van der Waals surface area contributed by atoms with Gasteiger partial charge in [0.25, 0.3) is 5.69 Å². The van der Waals surface area contributed by atoms with Crippen molar-refractivity contribution in [1.29, 1.82) is 0 Å². The summed E-state index contributed by atoms with van der Waals surface area (Å²) in [5.74, 6) is 2.00. The predicted octanol–water partition coefficient (Wildman–Crippen LogP) is 17.1. The molecule has 0 aliphatic carbocycles. The fourth-order valence-corrected chi connectivity index (χ4v) is 10.3. The molecular weight excluding hydrogens is 1070 g/mol. The minimum absolute atomic E-state index is 0. The zero-order chi connectivity index (χ0) is 49.7. The molecule has 1 aliphatic heterocycles. The summed E-state index contributed by atoms with van der Waals surface area (Å²) in [7, 11) is 0. The standard InChI is InChI=1S/C66H57N5O.Pt/c1-64(2,3)44-33-34-67-62(39-44)71-59-29-15-12-25-55(59)56-32-31-51(41-61(56)71)72-50-22-17-20-47(40-50)68-42-69(49-37-45(65(4,5)6)36-46(38-49)66(7,8)9)63-52(26-18-30-60(63)68)43-19-16-21-48(35-43)70-57-27-13-10-23-53(57)54-24-11-14-28-58(54)70;/h10-39H,1-9H3;/q;+2. The Labute approximate surface area is 442 Å². The van der Waals surface area contributed by atoms with E-state index in [1.807, 2.05) is 24.4 Å². The Morgan fingerprint density at radius 3 is 1.74 bits per heavy atom. The molecule has 8 aromatic carbocycles. The van der Waals surface area contributed by atoms with Crippen molar-refractivity contribution in [2.45, 2.75) is 78.6 Å². The van der Waals surface area contributed by atoms with Crippen LogP contribution in [0.15, 0.2) is 182 Å². The van der Waals surface area contributed by atoms with Crippen LogP contribution in [0.3, 0.4) is 0 Å². The summed E-state index contributed by atoms with van der Waals surface area (Å²) >= 11 is 0. The van der Waals surface area contributed by atoms with Gasteiger partial charge >= 0.3 is 32.8 Å². The van der Waals surface area contributed by atoms with Gasteiger partial charge in [0.15, 0.2) is 0 Å². The van der Waals surface area contributed by atoms with E-state index in [2.05, 4.69) is 256 Å². The molecule has 7 heteroatoms. The molecule has 360 valence electrons. The van der Waals surface area contributed by atoms with Gasteiger partial charge in [-0.05, 0) is 97.0 Å². The fourth-order valence-electron chi connectivity index (χ4n) is 10.3. The smallest absolute Gasteiger partial charge is 0.509 e. The fraction of sp³-hybridized carbons (Fsp3) is 0.182. The number of nitrogens with zero attached hydrogens (tertiary/aromatic N) is 5. The molecule has 0 fully saturated rings. The van der Waals surface area contributed by atoms with Gasteiger partial charge in [-0.1, -0.05) is 163 Å². The maximum atomic E-state index is 6.74. The number of rotatable bonds is 7. The molecular formula is C66H57N5OPt+2. The summed E-state index contributed by atoms with van der Waals surface area (Å²) in [5.41, 5.74) is 15.0. The van der Waals surface area contributed by atoms with Gasteiger partial charge < -0.3 is 13.9 Å².